The van der Waals surface area contributed by atoms with E-state index in [0.717, 1.165) is 25.3 Å². The van der Waals surface area contributed by atoms with Crippen LogP contribution < -0.4 is 15.5 Å². The van der Waals surface area contributed by atoms with Crippen LogP contribution in [0.1, 0.15) is 16.9 Å². The average molecular weight is 259 g/mol. The van der Waals surface area contributed by atoms with E-state index >= 15 is 0 Å². The minimum atomic E-state index is -0.194. The van der Waals surface area contributed by atoms with Crippen LogP contribution in [0.4, 0.5) is 5.69 Å². The molecule has 0 saturated carbocycles. The summed E-state index contributed by atoms with van der Waals surface area (Å²) in [6.45, 7) is 2.53. The fraction of sp³-hybridized carbons (Fsp3) is 0.462. The third kappa shape index (κ3) is 3.01. The fourth-order valence-electron chi connectivity index (χ4n) is 2.21. The second-order valence-corrected chi connectivity index (χ2v) is 4.39. The van der Waals surface area contributed by atoms with Crippen LogP contribution in [0.2, 0.25) is 0 Å². The van der Waals surface area contributed by atoms with Crippen molar-refractivity contribution in [2.75, 3.05) is 31.6 Å². The highest BCUT2D eigenvalue weighted by Gasteiger charge is 2.22. The molecule has 0 unspecified atom stereocenters. The molecule has 0 bridgehead atoms. The summed E-state index contributed by atoms with van der Waals surface area (Å²) in [6, 6.07) is 5.96. The molecule has 1 aromatic heterocycles. The van der Waals surface area contributed by atoms with E-state index in [4.69, 9.17) is 5.26 Å². The van der Waals surface area contributed by atoms with Gasteiger partial charge in [0.1, 0.15) is 5.69 Å². The molecule has 0 spiro atoms. The smallest absolute Gasteiger partial charge is 0.269 e. The number of amides is 1. The fourth-order valence-corrected chi connectivity index (χ4v) is 2.21. The van der Waals surface area contributed by atoms with Crippen LogP contribution in [0, 0.1) is 11.3 Å². The molecule has 1 saturated heterocycles. The minimum absolute atomic E-state index is 0.159. The Balaban J connectivity index is 2.16. The first-order chi connectivity index (χ1) is 9.26. The van der Waals surface area contributed by atoms with E-state index in [9.17, 15) is 4.79 Å². The predicted molar refractivity (Wildman–Crippen MR) is 71.9 cm³/mol. The van der Waals surface area contributed by atoms with Crippen LogP contribution in [-0.4, -0.2) is 43.6 Å². The zero-order valence-electron chi connectivity index (χ0n) is 10.9. The van der Waals surface area contributed by atoms with Gasteiger partial charge in [-0.3, -0.25) is 4.79 Å². The molecule has 2 rings (SSSR count). The van der Waals surface area contributed by atoms with Crippen molar-refractivity contribution < 1.29 is 4.79 Å². The quantitative estimate of drug-likeness (QED) is 0.806. The Morgan fingerprint density at radius 1 is 1.68 bits per heavy atom. The van der Waals surface area contributed by atoms with Gasteiger partial charge in [-0.05, 0) is 12.1 Å². The molecule has 19 heavy (non-hydrogen) atoms. The van der Waals surface area contributed by atoms with Crippen molar-refractivity contribution in [3.63, 3.8) is 0 Å². The van der Waals surface area contributed by atoms with Gasteiger partial charge in [0, 0.05) is 26.7 Å². The summed E-state index contributed by atoms with van der Waals surface area (Å²) in [5.41, 5.74) is 1.35. The van der Waals surface area contributed by atoms with Crippen LogP contribution >= 0.6 is 0 Å². The number of hydrogen-bond donors (Lipinski definition) is 2. The maximum atomic E-state index is 11.4. The third-order valence-corrected chi connectivity index (χ3v) is 3.22. The van der Waals surface area contributed by atoms with E-state index in [1.165, 1.54) is 0 Å². The van der Waals surface area contributed by atoms with Gasteiger partial charge in [0.25, 0.3) is 5.91 Å². The average Bonchev–Trinajstić information content (AvgIpc) is 2.47. The topological polar surface area (TPSA) is 81.0 Å². The molecule has 1 aromatic rings. The number of pyridine rings is 1. The van der Waals surface area contributed by atoms with Crippen LogP contribution in [0.3, 0.4) is 0 Å². The van der Waals surface area contributed by atoms with Crippen LogP contribution in [0.15, 0.2) is 18.3 Å². The lowest BCUT2D eigenvalue weighted by atomic mass is 10.1. The van der Waals surface area contributed by atoms with Crippen molar-refractivity contribution in [1.29, 1.82) is 5.26 Å². The molecule has 6 nitrogen and oxygen atoms in total. The second kappa shape index (κ2) is 6.16. The van der Waals surface area contributed by atoms with E-state index in [0.29, 0.717) is 12.1 Å². The Morgan fingerprint density at radius 2 is 2.53 bits per heavy atom. The van der Waals surface area contributed by atoms with E-state index in [1.807, 2.05) is 6.07 Å². The number of carbonyl (C=O) groups is 1. The molecule has 100 valence electrons. The highest BCUT2D eigenvalue weighted by atomic mass is 16.1. The molecule has 1 aliphatic rings. The highest BCUT2D eigenvalue weighted by molar-refractivity contribution is 5.92. The SMILES string of the molecule is CNC(=O)c1ccc(N2CCNC[C@@H]2CC#N)cn1. The van der Waals surface area contributed by atoms with Gasteiger partial charge in [-0.25, -0.2) is 4.98 Å². The summed E-state index contributed by atoms with van der Waals surface area (Å²) < 4.78 is 0. The Bertz CT molecular complexity index is 479. The lowest BCUT2D eigenvalue weighted by Gasteiger charge is -2.36. The molecule has 1 aliphatic heterocycles. The van der Waals surface area contributed by atoms with E-state index in [1.54, 1.807) is 19.3 Å². The Kier molecular flexibility index (Phi) is 4.31. The standard InChI is InChI=1S/C13H17N5O/c1-15-13(19)12-3-2-10(9-17-12)18-7-6-16-8-11(18)4-5-14/h2-3,9,11,16H,4,6-8H2,1H3,(H,15,19)/t11-/m0/s1. The molecule has 2 N–H and O–H groups in total. The number of carbonyl (C=O) groups excluding carboxylic acids is 1. The first-order valence-electron chi connectivity index (χ1n) is 6.28. The van der Waals surface area contributed by atoms with Crippen molar-refractivity contribution in [3.8, 4) is 6.07 Å². The number of rotatable bonds is 3. The summed E-state index contributed by atoms with van der Waals surface area (Å²) >= 11 is 0. The summed E-state index contributed by atoms with van der Waals surface area (Å²) in [5, 5.41) is 14.7. The Hall–Kier alpha value is -2.13. The number of hydrogen-bond acceptors (Lipinski definition) is 5. The zero-order valence-corrected chi connectivity index (χ0v) is 10.9. The van der Waals surface area contributed by atoms with Gasteiger partial charge >= 0.3 is 0 Å². The van der Waals surface area contributed by atoms with Gasteiger partial charge in [-0.1, -0.05) is 0 Å². The van der Waals surface area contributed by atoms with Crippen molar-refractivity contribution >= 4 is 11.6 Å². The van der Waals surface area contributed by atoms with Gasteiger partial charge in [0.2, 0.25) is 0 Å². The Labute approximate surface area is 112 Å². The highest BCUT2D eigenvalue weighted by Crippen LogP contribution is 2.19. The number of anilines is 1. The second-order valence-electron chi connectivity index (χ2n) is 4.39. The normalized spacial score (nSPS) is 18.7. The van der Waals surface area contributed by atoms with Crippen LogP contribution in [0.25, 0.3) is 0 Å². The third-order valence-electron chi connectivity index (χ3n) is 3.22. The molecular weight excluding hydrogens is 242 g/mol. The van der Waals surface area contributed by atoms with Gasteiger partial charge in [0.15, 0.2) is 0 Å². The first kappa shape index (κ1) is 13.3. The zero-order chi connectivity index (χ0) is 13.7. The van der Waals surface area contributed by atoms with E-state index in [-0.39, 0.29) is 11.9 Å². The molecule has 2 heterocycles. The van der Waals surface area contributed by atoms with Crippen LogP contribution in [0.5, 0.6) is 0 Å². The van der Waals surface area contributed by atoms with Crippen molar-refractivity contribution in [2.24, 2.45) is 0 Å². The molecule has 0 radical (unpaired) electrons. The van der Waals surface area contributed by atoms with Crippen LogP contribution in [-0.2, 0) is 0 Å². The molecule has 1 atom stereocenters. The predicted octanol–water partition coefficient (Wildman–Crippen LogP) is 0.133. The number of nitriles is 1. The number of nitrogens with one attached hydrogen (secondary N) is 2. The minimum Gasteiger partial charge on any atom is -0.364 e. The van der Waals surface area contributed by atoms with Crippen molar-refractivity contribution in [1.82, 2.24) is 15.6 Å². The summed E-state index contributed by atoms with van der Waals surface area (Å²) in [7, 11) is 1.58. The maximum Gasteiger partial charge on any atom is 0.269 e. The summed E-state index contributed by atoms with van der Waals surface area (Å²) in [6.07, 6.45) is 2.17. The largest absolute Gasteiger partial charge is 0.364 e. The van der Waals surface area contributed by atoms with Gasteiger partial charge in [-0.2, -0.15) is 5.26 Å². The van der Waals surface area contributed by atoms with Gasteiger partial charge < -0.3 is 15.5 Å². The summed E-state index contributed by atoms with van der Waals surface area (Å²) in [4.78, 5) is 17.8. The monoisotopic (exact) mass is 259 g/mol. The van der Waals surface area contributed by atoms with E-state index < -0.39 is 0 Å². The van der Waals surface area contributed by atoms with Crippen molar-refractivity contribution in [2.45, 2.75) is 12.5 Å². The molecular formula is C13H17N5O. The first-order valence-corrected chi connectivity index (χ1v) is 6.28. The molecule has 0 aliphatic carbocycles. The van der Waals surface area contributed by atoms with Crippen molar-refractivity contribution in [3.05, 3.63) is 24.0 Å². The lowest BCUT2D eigenvalue weighted by molar-refractivity contribution is 0.0958. The number of nitrogens with zero attached hydrogens (tertiary/aromatic N) is 3. The number of piperazine rings is 1. The van der Waals surface area contributed by atoms with E-state index in [2.05, 4.69) is 26.6 Å². The van der Waals surface area contributed by atoms with Gasteiger partial charge in [-0.15, -0.1) is 0 Å². The molecule has 0 aromatic carbocycles. The molecule has 1 amide bonds. The maximum absolute atomic E-state index is 11.4. The summed E-state index contributed by atoms with van der Waals surface area (Å²) in [5.74, 6) is -0.194. The molecule has 6 heteroatoms. The molecule has 1 fully saturated rings. The lowest BCUT2D eigenvalue weighted by Crippen LogP contribution is -2.51. The Morgan fingerprint density at radius 3 is 3.16 bits per heavy atom. The van der Waals surface area contributed by atoms with Gasteiger partial charge in [0.05, 0.1) is 30.4 Å². The number of aromatic nitrogens is 1.